The first-order chi connectivity index (χ1) is 6.29. The van der Waals surface area contributed by atoms with Gasteiger partial charge in [0.25, 0.3) is 0 Å². The molecule has 2 heteroatoms. The van der Waals surface area contributed by atoms with E-state index in [2.05, 4.69) is 29.3 Å². The van der Waals surface area contributed by atoms with Crippen molar-refractivity contribution in [3.05, 3.63) is 35.9 Å². The van der Waals surface area contributed by atoms with E-state index in [1.54, 1.807) is 0 Å². The van der Waals surface area contributed by atoms with E-state index >= 15 is 0 Å². The molecule has 13 heavy (non-hydrogen) atoms. The lowest BCUT2D eigenvalue weighted by Crippen LogP contribution is -2.08. The van der Waals surface area contributed by atoms with E-state index in [0.717, 1.165) is 13.0 Å². The van der Waals surface area contributed by atoms with E-state index in [-0.39, 0.29) is 0 Å². The van der Waals surface area contributed by atoms with E-state index in [0.29, 0.717) is 0 Å². The Morgan fingerprint density at radius 2 is 1.92 bits per heavy atom. The summed E-state index contributed by atoms with van der Waals surface area (Å²) in [5, 5.41) is 0. The van der Waals surface area contributed by atoms with Crippen molar-refractivity contribution in [3.63, 3.8) is 0 Å². The molecule has 0 N–H and O–H groups in total. The van der Waals surface area contributed by atoms with Gasteiger partial charge in [0.1, 0.15) is 0 Å². The van der Waals surface area contributed by atoms with Crippen molar-refractivity contribution in [2.75, 3.05) is 20.6 Å². The predicted molar refractivity (Wildman–Crippen MR) is 57.2 cm³/mol. The van der Waals surface area contributed by atoms with Crippen LogP contribution in [0.25, 0.3) is 0 Å². The molecule has 0 aliphatic carbocycles. The van der Waals surface area contributed by atoms with Crippen molar-refractivity contribution < 1.29 is 0 Å². The van der Waals surface area contributed by atoms with Gasteiger partial charge in [0.2, 0.25) is 0 Å². The number of hydrogen-bond donors (Lipinski definition) is 0. The summed E-state index contributed by atoms with van der Waals surface area (Å²) in [6.07, 6.45) is 2.87. The summed E-state index contributed by atoms with van der Waals surface area (Å²) >= 11 is 0. The van der Waals surface area contributed by atoms with Crippen molar-refractivity contribution in [3.8, 4) is 0 Å². The molecule has 0 aliphatic rings. The highest BCUT2D eigenvalue weighted by Crippen LogP contribution is 1.98. The number of aliphatic imine (C=N–C) groups is 1. The Labute approximate surface area is 79.9 Å². The molecule has 0 bridgehead atoms. The van der Waals surface area contributed by atoms with Gasteiger partial charge in [0.15, 0.2) is 0 Å². The molecule has 0 fully saturated rings. The van der Waals surface area contributed by atoms with Crippen LogP contribution >= 0.6 is 0 Å². The Bertz CT molecular complexity index is 252. The smallest absolute Gasteiger partial charge is 0.0844 e. The SMILES string of the molecule is CN(C)C=NCCc1ccccc1. The van der Waals surface area contributed by atoms with E-state index in [9.17, 15) is 0 Å². The maximum atomic E-state index is 4.27. The summed E-state index contributed by atoms with van der Waals surface area (Å²) in [6.45, 7) is 0.863. The molecule has 0 unspecified atom stereocenters. The van der Waals surface area contributed by atoms with Crippen LogP contribution in [-0.2, 0) is 6.42 Å². The Morgan fingerprint density at radius 3 is 2.54 bits per heavy atom. The largest absolute Gasteiger partial charge is 0.369 e. The highest BCUT2D eigenvalue weighted by Gasteiger charge is 1.88. The molecule has 1 aromatic carbocycles. The fraction of sp³-hybridized carbons (Fsp3) is 0.364. The Balaban J connectivity index is 2.28. The van der Waals surface area contributed by atoms with Crippen LogP contribution in [0.2, 0.25) is 0 Å². The zero-order valence-corrected chi connectivity index (χ0v) is 8.27. The minimum Gasteiger partial charge on any atom is -0.369 e. The second-order valence-electron chi connectivity index (χ2n) is 3.22. The number of benzene rings is 1. The van der Waals surface area contributed by atoms with Crippen molar-refractivity contribution in [2.45, 2.75) is 6.42 Å². The summed E-state index contributed by atoms with van der Waals surface area (Å²) < 4.78 is 0. The summed E-state index contributed by atoms with van der Waals surface area (Å²) in [5.41, 5.74) is 1.35. The van der Waals surface area contributed by atoms with E-state index < -0.39 is 0 Å². The predicted octanol–water partition coefficient (Wildman–Crippen LogP) is 1.82. The normalized spacial score (nSPS) is 10.6. The Morgan fingerprint density at radius 1 is 1.23 bits per heavy atom. The molecule has 1 rings (SSSR count). The summed E-state index contributed by atoms with van der Waals surface area (Å²) in [4.78, 5) is 6.22. The van der Waals surface area contributed by atoms with E-state index in [1.165, 1.54) is 5.56 Å². The lowest BCUT2D eigenvalue weighted by molar-refractivity contribution is 0.638. The molecule has 0 heterocycles. The fourth-order valence-electron chi connectivity index (χ4n) is 1.06. The molecular weight excluding hydrogens is 160 g/mol. The van der Waals surface area contributed by atoms with Crippen LogP contribution in [0.3, 0.4) is 0 Å². The molecule has 0 aliphatic heterocycles. The van der Waals surface area contributed by atoms with Crippen LogP contribution in [-0.4, -0.2) is 31.9 Å². The first-order valence-corrected chi connectivity index (χ1v) is 4.49. The van der Waals surface area contributed by atoms with Crippen LogP contribution in [0.1, 0.15) is 5.56 Å². The average Bonchev–Trinajstić information content (AvgIpc) is 2.14. The maximum Gasteiger partial charge on any atom is 0.0844 e. The first-order valence-electron chi connectivity index (χ1n) is 4.49. The zero-order chi connectivity index (χ0) is 9.52. The van der Waals surface area contributed by atoms with Gasteiger partial charge in [0.05, 0.1) is 6.34 Å². The quantitative estimate of drug-likeness (QED) is 0.504. The maximum absolute atomic E-state index is 4.27. The van der Waals surface area contributed by atoms with Crippen LogP contribution < -0.4 is 0 Å². The van der Waals surface area contributed by atoms with Gasteiger partial charge in [0, 0.05) is 20.6 Å². The third-order valence-corrected chi connectivity index (χ3v) is 1.68. The molecule has 0 saturated heterocycles. The van der Waals surface area contributed by atoms with Crippen molar-refractivity contribution in [2.24, 2.45) is 4.99 Å². The van der Waals surface area contributed by atoms with Crippen LogP contribution in [0.5, 0.6) is 0 Å². The highest BCUT2D eigenvalue weighted by molar-refractivity contribution is 5.53. The lowest BCUT2D eigenvalue weighted by Gasteiger charge is -2.02. The van der Waals surface area contributed by atoms with Crippen molar-refractivity contribution in [1.82, 2.24) is 4.90 Å². The van der Waals surface area contributed by atoms with Gasteiger partial charge in [-0.05, 0) is 12.0 Å². The van der Waals surface area contributed by atoms with Gasteiger partial charge in [-0.25, -0.2) is 0 Å². The molecule has 0 amide bonds. The molecule has 1 aromatic rings. The van der Waals surface area contributed by atoms with Gasteiger partial charge in [-0.1, -0.05) is 30.3 Å². The summed E-state index contributed by atoms with van der Waals surface area (Å²) in [6, 6.07) is 10.4. The number of hydrogen-bond acceptors (Lipinski definition) is 1. The molecule has 0 atom stereocenters. The highest BCUT2D eigenvalue weighted by atomic mass is 15.1. The Kier molecular flexibility index (Phi) is 4.03. The lowest BCUT2D eigenvalue weighted by atomic mass is 10.2. The van der Waals surface area contributed by atoms with Crippen LogP contribution in [0.15, 0.2) is 35.3 Å². The summed E-state index contributed by atoms with van der Waals surface area (Å²) in [5.74, 6) is 0. The minimum absolute atomic E-state index is 0.863. The second-order valence-corrected chi connectivity index (χ2v) is 3.22. The van der Waals surface area contributed by atoms with E-state index in [1.807, 2.05) is 31.4 Å². The standard InChI is InChI=1S/C11H16N2/c1-13(2)10-12-9-8-11-6-4-3-5-7-11/h3-7,10H,8-9H2,1-2H3. The second kappa shape index (κ2) is 5.36. The third-order valence-electron chi connectivity index (χ3n) is 1.68. The van der Waals surface area contributed by atoms with Crippen molar-refractivity contribution in [1.29, 1.82) is 0 Å². The fourth-order valence-corrected chi connectivity index (χ4v) is 1.06. The molecule has 0 spiro atoms. The Hall–Kier alpha value is -1.31. The topological polar surface area (TPSA) is 15.6 Å². The van der Waals surface area contributed by atoms with Gasteiger partial charge < -0.3 is 4.90 Å². The third kappa shape index (κ3) is 4.31. The first kappa shape index (κ1) is 9.78. The molecule has 0 radical (unpaired) electrons. The van der Waals surface area contributed by atoms with Crippen LogP contribution in [0, 0.1) is 0 Å². The monoisotopic (exact) mass is 176 g/mol. The van der Waals surface area contributed by atoms with Crippen molar-refractivity contribution >= 4 is 6.34 Å². The molecule has 2 nitrogen and oxygen atoms in total. The van der Waals surface area contributed by atoms with Crippen LogP contribution in [0.4, 0.5) is 0 Å². The summed E-state index contributed by atoms with van der Waals surface area (Å²) in [7, 11) is 3.96. The number of rotatable bonds is 4. The van der Waals surface area contributed by atoms with Gasteiger partial charge in [-0.15, -0.1) is 0 Å². The molecule has 70 valence electrons. The van der Waals surface area contributed by atoms with E-state index in [4.69, 9.17) is 0 Å². The molecule has 0 aromatic heterocycles. The molecular formula is C11H16N2. The average molecular weight is 176 g/mol. The van der Waals surface area contributed by atoms with Gasteiger partial charge in [-0.2, -0.15) is 0 Å². The molecule has 0 saturated carbocycles. The minimum atomic E-state index is 0.863. The van der Waals surface area contributed by atoms with Gasteiger partial charge in [-0.3, -0.25) is 4.99 Å². The van der Waals surface area contributed by atoms with Gasteiger partial charge >= 0.3 is 0 Å². The zero-order valence-electron chi connectivity index (χ0n) is 8.27. The number of nitrogens with zero attached hydrogens (tertiary/aromatic N) is 2.